The second-order valence-corrected chi connectivity index (χ2v) is 5.30. The van der Waals surface area contributed by atoms with Crippen LogP contribution in [0.25, 0.3) is 0 Å². The number of anilines is 2. The van der Waals surface area contributed by atoms with Crippen molar-refractivity contribution in [1.29, 1.82) is 5.26 Å². The molecule has 0 saturated carbocycles. The topological polar surface area (TPSA) is 48.7 Å². The van der Waals surface area contributed by atoms with Gasteiger partial charge < -0.3 is 5.32 Å². The maximum atomic E-state index is 9.31. The van der Waals surface area contributed by atoms with Gasteiger partial charge in [-0.1, -0.05) is 17.7 Å². The third kappa shape index (κ3) is 2.50. The molecule has 0 fully saturated rings. The van der Waals surface area contributed by atoms with Crippen LogP contribution in [0, 0.1) is 18.3 Å². The lowest BCUT2D eigenvalue weighted by Crippen LogP contribution is -2.08. The smallest absolute Gasteiger partial charge is 0.148 e. The van der Waals surface area contributed by atoms with Gasteiger partial charge >= 0.3 is 0 Å². The largest absolute Gasteiger partial charge is 0.339 e. The Hall–Kier alpha value is -2.34. The fourth-order valence-corrected chi connectivity index (χ4v) is 2.59. The van der Waals surface area contributed by atoms with Gasteiger partial charge in [-0.2, -0.15) is 5.26 Å². The predicted octanol–water partition coefficient (Wildman–Crippen LogP) is 3.88. The van der Waals surface area contributed by atoms with Crippen LogP contribution in [0.5, 0.6) is 0 Å². The minimum absolute atomic E-state index is 0.631. The van der Waals surface area contributed by atoms with Crippen LogP contribution >= 0.6 is 0 Å². The van der Waals surface area contributed by atoms with Crippen molar-refractivity contribution in [3.05, 3.63) is 52.7 Å². The van der Waals surface area contributed by atoms with Gasteiger partial charge in [-0.3, -0.25) is 0 Å². The van der Waals surface area contributed by atoms with Crippen molar-refractivity contribution in [1.82, 2.24) is 4.98 Å². The Bertz CT molecular complexity index is 666. The van der Waals surface area contributed by atoms with Crippen molar-refractivity contribution in [3.63, 3.8) is 0 Å². The van der Waals surface area contributed by atoms with Crippen LogP contribution in [-0.2, 0) is 12.8 Å². The van der Waals surface area contributed by atoms with Crippen LogP contribution in [0.1, 0.15) is 35.2 Å². The number of nitrogens with zero attached hydrogens (tertiary/aromatic N) is 2. The highest BCUT2D eigenvalue weighted by Crippen LogP contribution is 2.26. The van der Waals surface area contributed by atoms with Crippen LogP contribution in [0.4, 0.5) is 11.5 Å². The lowest BCUT2D eigenvalue weighted by Gasteiger charge is -2.17. The maximum Gasteiger partial charge on any atom is 0.148 e. The van der Waals surface area contributed by atoms with Crippen molar-refractivity contribution in [2.24, 2.45) is 0 Å². The maximum absolute atomic E-state index is 9.31. The van der Waals surface area contributed by atoms with E-state index >= 15 is 0 Å². The number of benzene rings is 1. The van der Waals surface area contributed by atoms with Crippen molar-refractivity contribution in [3.8, 4) is 6.07 Å². The van der Waals surface area contributed by atoms with Crippen molar-refractivity contribution in [2.45, 2.75) is 32.6 Å². The van der Waals surface area contributed by atoms with Crippen molar-refractivity contribution in [2.75, 3.05) is 5.32 Å². The Balaban J connectivity index is 1.96. The van der Waals surface area contributed by atoms with E-state index in [0.29, 0.717) is 11.4 Å². The summed E-state index contributed by atoms with van der Waals surface area (Å²) in [5, 5.41) is 12.6. The second kappa shape index (κ2) is 5.34. The molecule has 2 aromatic rings. The minimum Gasteiger partial charge on any atom is -0.339 e. The number of rotatable bonds is 2. The fourth-order valence-electron chi connectivity index (χ4n) is 2.59. The molecule has 0 saturated heterocycles. The Morgan fingerprint density at radius 2 is 1.90 bits per heavy atom. The van der Waals surface area contributed by atoms with Gasteiger partial charge in [-0.25, -0.2) is 4.98 Å². The number of fused-ring (bicyclic) bond motifs is 1. The molecule has 0 unspecified atom stereocenters. The van der Waals surface area contributed by atoms with E-state index in [1.165, 1.54) is 24.0 Å². The van der Waals surface area contributed by atoms with E-state index in [1.54, 1.807) is 0 Å². The molecule has 3 heteroatoms. The zero-order valence-corrected chi connectivity index (χ0v) is 11.6. The number of nitrogens with one attached hydrogen (secondary N) is 1. The summed E-state index contributed by atoms with van der Waals surface area (Å²) in [6, 6.07) is 12.4. The summed E-state index contributed by atoms with van der Waals surface area (Å²) < 4.78 is 0. The first kappa shape index (κ1) is 12.7. The minimum atomic E-state index is 0.631. The molecule has 0 aliphatic heterocycles. The van der Waals surface area contributed by atoms with Crippen LogP contribution < -0.4 is 5.32 Å². The molecule has 3 nitrogen and oxygen atoms in total. The molecule has 1 aliphatic rings. The summed E-state index contributed by atoms with van der Waals surface area (Å²) in [5.74, 6) is 0.678. The summed E-state index contributed by atoms with van der Waals surface area (Å²) in [4.78, 5) is 4.67. The van der Waals surface area contributed by atoms with Crippen molar-refractivity contribution >= 4 is 11.5 Å². The van der Waals surface area contributed by atoms with E-state index in [-0.39, 0.29) is 0 Å². The average molecular weight is 263 g/mol. The Kier molecular flexibility index (Phi) is 3.39. The highest BCUT2D eigenvalue weighted by Gasteiger charge is 2.15. The summed E-state index contributed by atoms with van der Waals surface area (Å²) in [6.45, 7) is 2.06. The summed E-state index contributed by atoms with van der Waals surface area (Å²) >= 11 is 0. The van der Waals surface area contributed by atoms with Crippen molar-refractivity contribution < 1.29 is 0 Å². The standard InChI is InChI=1S/C17H17N3/c1-12-6-8-15(9-7-12)19-17-14(11-18)10-13-4-2-3-5-16(13)20-17/h6-10H,2-5H2,1H3,(H,19,20). The zero-order valence-electron chi connectivity index (χ0n) is 11.6. The molecule has 0 radical (unpaired) electrons. The molecule has 1 N–H and O–H groups in total. The molecular weight excluding hydrogens is 246 g/mol. The molecule has 1 aromatic carbocycles. The lowest BCUT2D eigenvalue weighted by atomic mass is 9.95. The normalized spacial score (nSPS) is 13.4. The third-order valence-corrected chi connectivity index (χ3v) is 3.74. The number of aromatic nitrogens is 1. The van der Waals surface area contributed by atoms with Gasteiger partial charge in [0.2, 0.25) is 0 Å². The van der Waals surface area contributed by atoms with Gasteiger partial charge in [-0.05, 0) is 56.4 Å². The number of hydrogen-bond donors (Lipinski definition) is 1. The first-order chi connectivity index (χ1) is 9.76. The van der Waals surface area contributed by atoms with Gasteiger partial charge in [0, 0.05) is 11.4 Å². The van der Waals surface area contributed by atoms with E-state index in [1.807, 2.05) is 30.3 Å². The Labute approximate surface area is 119 Å². The van der Waals surface area contributed by atoms with Gasteiger partial charge in [0.1, 0.15) is 11.9 Å². The molecule has 3 rings (SSSR count). The third-order valence-electron chi connectivity index (χ3n) is 3.74. The molecule has 1 aromatic heterocycles. The molecule has 0 spiro atoms. The number of aryl methyl sites for hydroxylation is 3. The number of hydrogen-bond acceptors (Lipinski definition) is 3. The molecule has 0 amide bonds. The van der Waals surface area contributed by atoms with Gasteiger partial charge in [-0.15, -0.1) is 0 Å². The number of nitriles is 1. The molecule has 100 valence electrons. The van der Waals surface area contributed by atoms with E-state index < -0.39 is 0 Å². The lowest BCUT2D eigenvalue weighted by molar-refractivity contribution is 0.668. The first-order valence-electron chi connectivity index (χ1n) is 7.03. The summed E-state index contributed by atoms with van der Waals surface area (Å²) in [5.41, 5.74) is 5.20. The first-order valence-corrected chi connectivity index (χ1v) is 7.03. The second-order valence-electron chi connectivity index (χ2n) is 5.30. The van der Waals surface area contributed by atoms with Crippen LogP contribution in [0.2, 0.25) is 0 Å². The molecule has 1 heterocycles. The molecule has 20 heavy (non-hydrogen) atoms. The predicted molar refractivity (Wildman–Crippen MR) is 80.1 cm³/mol. The average Bonchev–Trinajstić information content (AvgIpc) is 2.49. The zero-order chi connectivity index (χ0) is 13.9. The van der Waals surface area contributed by atoms with E-state index in [0.717, 1.165) is 24.2 Å². The fraction of sp³-hybridized carbons (Fsp3) is 0.294. The molecule has 0 atom stereocenters. The van der Waals surface area contributed by atoms with E-state index in [2.05, 4.69) is 23.3 Å². The summed E-state index contributed by atoms with van der Waals surface area (Å²) in [7, 11) is 0. The Morgan fingerprint density at radius 3 is 2.65 bits per heavy atom. The van der Waals surface area contributed by atoms with Crippen LogP contribution in [0.15, 0.2) is 30.3 Å². The quantitative estimate of drug-likeness (QED) is 0.894. The molecular formula is C17H17N3. The van der Waals surface area contributed by atoms with Gasteiger partial charge in [0.25, 0.3) is 0 Å². The van der Waals surface area contributed by atoms with Crippen LogP contribution in [-0.4, -0.2) is 4.98 Å². The SMILES string of the molecule is Cc1ccc(Nc2nc3c(cc2C#N)CCCC3)cc1. The van der Waals surface area contributed by atoms with Gasteiger partial charge in [0.05, 0.1) is 5.56 Å². The molecule has 1 aliphatic carbocycles. The number of pyridine rings is 1. The van der Waals surface area contributed by atoms with Crippen LogP contribution in [0.3, 0.4) is 0 Å². The summed E-state index contributed by atoms with van der Waals surface area (Å²) in [6.07, 6.45) is 4.45. The Morgan fingerprint density at radius 1 is 1.15 bits per heavy atom. The monoisotopic (exact) mass is 263 g/mol. The van der Waals surface area contributed by atoms with E-state index in [4.69, 9.17) is 0 Å². The highest BCUT2D eigenvalue weighted by atomic mass is 15.0. The van der Waals surface area contributed by atoms with Gasteiger partial charge in [0.15, 0.2) is 0 Å². The van der Waals surface area contributed by atoms with E-state index in [9.17, 15) is 5.26 Å². The molecule has 0 bridgehead atoms. The highest BCUT2D eigenvalue weighted by molar-refractivity contribution is 5.64.